The fourth-order valence-electron chi connectivity index (χ4n) is 3.27. The first-order valence-corrected chi connectivity index (χ1v) is 9.39. The molecule has 0 heterocycles. The summed E-state index contributed by atoms with van der Waals surface area (Å²) in [6.07, 6.45) is 6.64. The molecule has 0 saturated heterocycles. The SMILES string of the molecule is CCc1ccccc1NC(=O)CN(C)[C@H](C)C(=O)NC1CCCCC1. The molecule has 2 amide bonds. The Morgan fingerprint density at radius 1 is 1.20 bits per heavy atom. The highest BCUT2D eigenvalue weighted by Crippen LogP contribution is 2.18. The minimum atomic E-state index is -0.325. The Bertz CT molecular complexity index is 582. The van der Waals surface area contributed by atoms with Crippen LogP contribution >= 0.6 is 0 Å². The van der Waals surface area contributed by atoms with Crippen LogP contribution in [-0.4, -0.2) is 42.4 Å². The standard InChI is InChI=1S/C20H31N3O2/c1-4-16-10-8-9-13-18(16)22-19(24)14-23(3)15(2)20(25)21-17-11-6-5-7-12-17/h8-10,13,15,17H,4-7,11-12,14H2,1-3H3,(H,21,25)(H,22,24)/t15-/m1/s1. The van der Waals surface area contributed by atoms with Crippen LogP contribution in [0.3, 0.4) is 0 Å². The third-order valence-corrected chi connectivity index (χ3v) is 5.06. The van der Waals surface area contributed by atoms with Crippen molar-refractivity contribution in [2.24, 2.45) is 0 Å². The van der Waals surface area contributed by atoms with Gasteiger partial charge in [0.1, 0.15) is 0 Å². The van der Waals surface area contributed by atoms with Crippen LogP contribution in [0.1, 0.15) is 51.5 Å². The van der Waals surface area contributed by atoms with Crippen molar-refractivity contribution in [1.82, 2.24) is 10.2 Å². The first-order chi connectivity index (χ1) is 12.0. The van der Waals surface area contributed by atoms with E-state index in [1.54, 1.807) is 4.90 Å². The Morgan fingerprint density at radius 2 is 1.88 bits per heavy atom. The fourth-order valence-corrected chi connectivity index (χ4v) is 3.27. The van der Waals surface area contributed by atoms with Gasteiger partial charge in [-0.25, -0.2) is 0 Å². The van der Waals surface area contributed by atoms with Crippen LogP contribution in [-0.2, 0) is 16.0 Å². The molecule has 5 heteroatoms. The second-order valence-corrected chi connectivity index (χ2v) is 6.99. The quantitative estimate of drug-likeness (QED) is 0.799. The zero-order valence-corrected chi connectivity index (χ0v) is 15.7. The van der Waals surface area contributed by atoms with Crippen molar-refractivity contribution in [3.63, 3.8) is 0 Å². The van der Waals surface area contributed by atoms with Gasteiger partial charge in [0.15, 0.2) is 0 Å². The van der Waals surface area contributed by atoms with Gasteiger partial charge in [-0.3, -0.25) is 14.5 Å². The fraction of sp³-hybridized carbons (Fsp3) is 0.600. The van der Waals surface area contributed by atoms with Crippen LogP contribution < -0.4 is 10.6 Å². The lowest BCUT2D eigenvalue weighted by Crippen LogP contribution is -2.49. The van der Waals surface area contributed by atoms with E-state index >= 15 is 0 Å². The van der Waals surface area contributed by atoms with E-state index in [9.17, 15) is 9.59 Å². The highest BCUT2D eigenvalue weighted by atomic mass is 16.2. The minimum Gasteiger partial charge on any atom is -0.352 e. The number of aryl methyl sites for hydroxylation is 1. The van der Waals surface area contributed by atoms with Crippen LogP contribution in [0, 0.1) is 0 Å². The van der Waals surface area contributed by atoms with Gasteiger partial charge < -0.3 is 10.6 Å². The highest BCUT2D eigenvalue weighted by Gasteiger charge is 2.23. The topological polar surface area (TPSA) is 61.4 Å². The molecule has 1 aromatic rings. The Morgan fingerprint density at radius 3 is 2.56 bits per heavy atom. The lowest BCUT2D eigenvalue weighted by Gasteiger charge is -2.28. The maximum atomic E-state index is 12.4. The van der Waals surface area contributed by atoms with E-state index < -0.39 is 0 Å². The molecule has 0 aromatic heterocycles. The van der Waals surface area contributed by atoms with E-state index in [1.165, 1.54) is 19.3 Å². The Labute approximate surface area is 151 Å². The van der Waals surface area contributed by atoms with Crippen LogP contribution in [0.25, 0.3) is 0 Å². The third kappa shape index (κ3) is 5.85. The van der Waals surface area contributed by atoms with Crippen molar-refractivity contribution in [2.45, 2.75) is 64.5 Å². The monoisotopic (exact) mass is 345 g/mol. The molecule has 2 rings (SSSR count). The minimum absolute atomic E-state index is 0.0103. The van der Waals surface area contributed by atoms with Gasteiger partial charge in [0.25, 0.3) is 0 Å². The molecule has 1 fully saturated rings. The normalized spacial score (nSPS) is 16.5. The van der Waals surface area contributed by atoms with Crippen LogP contribution in [0.5, 0.6) is 0 Å². The molecule has 0 radical (unpaired) electrons. The van der Waals surface area contributed by atoms with Gasteiger partial charge in [-0.2, -0.15) is 0 Å². The van der Waals surface area contributed by atoms with Gasteiger partial charge in [-0.05, 0) is 44.9 Å². The van der Waals surface area contributed by atoms with Gasteiger partial charge in [0, 0.05) is 11.7 Å². The number of hydrogen-bond donors (Lipinski definition) is 2. The first-order valence-electron chi connectivity index (χ1n) is 9.39. The average Bonchev–Trinajstić information content (AvgIpc) is 2.62. The summed E-state index contributed by atoms with van der Waals surface area (Å²) in [5.41, 5.74) is 1.96. The molecule has 1 aliphatic rings. The number of nitrogens with one attached hydrogen (secondary N) is 2. The maximum Gasteiger partial charge on any atom is 0.238 e. The smallest absolute Gasteiger partial charge is 0.238 e. The van der Waals surface area contributed by atoms with E-state index in [0.29, 0.717) is 6.04 Å². The molecule has 0 aliphatic heterocycles. The molecule has 0 unspecified atom stereocenters. The predicted octanol–water partition coefficient (Wildman–Crippen LogP) is 2.96. The summed E-state index contributed by atoms with van der Waals surface area (Å²) < 4.78 is 0. The molecule has 1 atom stereocenters. The third-order valence-electron chi connectivity index (χ3n) is 5.06. The second-order valence-electron chi connectivity index (χ2n) is 6.99. The number of rotatable bonds is 7. The number of carbonyl (C=O) groups is 2. The summed E-state index contributed by atoms with van der Waals surface area (Å²) in [5.74, 6) is -0.0862. The summed E-state index contributed by atoms with van der Waals surface area (Å²) in [7, 11) is 1.82. The van der Waals surface area contributed by atoms with Gasteiger partial charge >= 0.3 is 0 Å². The van der Waals surface area contributed by atoms with E-state index in [4.69, 9.17) is 0 Å². The summed E-state index contributed by atoms with van der Waals surface area (Å²) >= 11 is 0. The second kappa shape index (κ2) is 9.56. The van der Waals surface area contributed by atoms with E-state index in [1.807, 2.05) is 38.2 Å². The van der Waals surface area contributed by atoms with Crippen molar-refractivity contribution in [1.29, 1.82) is 0 Å². The van der Waals surface area contributed by atoms with Gasteiger partial charge in [-0.1, -0.05) is 44.4 Å². The summed E-state index contributed by atoms with van der Waals surface area (Å²) in [4.78, 5) is 26.5. The molecule has 1 aromatic carbocycles. The number of benzene rings is 1. The lowest BCUT2D eigenvalue weighted by molar-refractivity contribution is -0.127. The molecular weight excluding hydrogens is 314 g/mol. The Balaban J connectivity index is 1.83. The molecule has 25 heavy (non-hydrogen) atoms. The average molecular weight is 345 g/mol. The Kier molecular flexibility index (Phi) is 7.44. The predicted molar refractivity (Wildman–Crippen MR) is 102 cm³/mol. The largest absolute Gasteiger partial charge is 0.352 e. The zero-order chi connectivity index (χ0) is 18.2. The van der Waals surface area contributed by atoms with Crippen LogP contribution in [0.4, 0.5) is 5.69 Å². The number of carbonyl (C=O) groups excluding carboxylic acids is 2. The van der Waals surface area contributed by atoms with Gasteiger partial charge in [-0.15, -0.1) is 0 Å². The number of para-hydroxylation sites is 1. The maximum absolute atomic E-state index is 12.4. The Hall–Kier alpha value is -1.88. The number of hydrogen-bond acceptors (Lipinski definition) is 3. The molecule has 0 spiro atoms. The number of likely N-dealkylation sites (N-methyl/N-ethyl adjacent to an activating group) is 1. The molecule has 1 saturated carbocycles. The molecule has 138 valence electrons. The van der Waals surface area contributed by atoms with Crippen LogP contribution in [0.2, 0.25) is 0 Å². The van der Waals surface area contributed by atoms with Crippen molar-refractivity contribution >= 4 is 17.5 Å². The van der Waals surface area contributed by atoms with E-state index in [0.717, 1.165) is 30.5 Å². The molecule has 2 N–H and O–H groups in total. The molecule has 1 aliphatic carbocycles. The van der Waals surface area contributed by atoms with Crippen molar-refractivity contribution in [3.05, 3.63) is 29.8 Å². The molecular formula is C20H31N3O2. The van der Waals surface area contributed by atoms with E-state index in [2.05, 4.69) is 17.6 Å². The summed E-state index contributed by atoms with van der Waals surface area (Å²) in [5, 5.41) is 6.08. The number of anilines is 1. The highest BCUT2D eigenvalue weighted by molar-refractivity contribution is 5.93. The van der Waals surface area contributed by atoms with Crippen molar-refractivity contribution < 1.29 is 9.59 Å². The summed E-state index contributed by atoms with van der Waals surface area (Å²) in [6.45, 7) is 4.11. The first kappa shape index (κ1) is 19.4. The summed E-state index contributed by atoms with van der Waals surface area (Å²) in [6, 6.07) is 7.78. The number of nitrogens with zero attached hydrogens (tertiary/aromatic N) is 1. The molecule has 0 bridgehead atoms. The van der Waals surface area contributed by atoms with Gasteiger partial charge in [0.05, 0.1) is 12.6 Å². The van der Waals surface area contributed by atoms with Crippen LogP contribution in [0.15, 0.2) is 24.3 Å². The van der Waals surface area contributed by atoms with E-state index in [-0.39, 0.29) is 24.4 Å². The number of amides is 2. The lowest BCUT2D eigenvalue weighted by atomic mass is 9.95. The van der Waals surface area contributed by atoms with Crippen molar-refractivity contribution in [3.8, 4) is 0 Å². The molecule has 5 nitrogen and oxygen atoms in total. The van der Waals surface area contributed by atoms with Crippen molar-refractivity contribution in [2.75, 3.05) is 18.9 Å². The van der Waals surface area contributed by atoms with Gasteiger partial charge in [0.2, 0.25) is 11.8 Å². The zero-order valence-electron chi connectivity index (χ0n) is 15.7.